The van der Waals surface area contributed by atoms with Crippen LogP contribution in [0, 0.1) is 6.92 Å². The van der Waals surface area contributed by atoms with Gasteiger partial charge in [-0.15, -0.1) is 0 Å². The van der Waals surface area contributed by atoms with Crippen LogP contribution in [0.25, 0.3) is 11.3 Å². The number of pyridine rings is 1. The maximum atomic E-state index is 5.02. The Bertz CT molecular complexity index is 510. The first-order chi connectivity index (χ1) is 8.22. The highest BCUT2D eigenvalue weighted by Crippen LogP contribution is 2.19. The number of anilines is 1. The Morgan fingerprint density at radius 1 is 1.24 bits per heavy atom. The molecule has 0 radical (unpaired) electrons. The highest BCUT2D eigenvalue weighted by Gasteiger charge is 2.04. The molecule has 0 atom stereocenters. The second kappa shape index (κ2) is 4.78. The van der Waals surface area contributed by atoms with Crippen molar-refractivity contribution in [3.8, 4) is 17.1 Å². The Hall–Kier alpha value is -2.17. The molecule has 0 amide bonds. The van der Waals surface area contributed by atoms with Crippen LogP contribution in [0.2, 0.25) is 0 Å². The maximum absolute atomic E-state index is 5.02. The van der Waals surface area contributed by atoms with Crippen molar-refractivity contribution in [1.82, 2.24) is 15.0 Å². The molecule has 5 nitrogen and oxygen atoms in total. The van der Waals surface area contributed by atoms with Crippen LogP contribution in [0.1, 0.15) is 5.69 Å². The Balaban J connectivity index is 2.41. The molecule has 0 fully saturated rings. The third-order valence-electron chi connectivity index (χ3n) is 2.32. The fourth-order valence-corrected chi connectivity index (χ4v) is 1.48. The summed E-state index contributed by atoms with van der Waals surface area (Å²) in [5.74, 6) is 1.20. The molecule has 0 aliphatic rings. The lowest BCUT2D eigenvalue weighted by molar-refractivity contribution is 0.398. The topological polar surface area (TPSA) is 59.9 Å². The number of nitrogens with one attached hydrogen (secondary N) is 1. The molecule has 0 aliphatic carbocycles. The second-order valence-electron chi connectivity index (χ2n) is 3.56. The second-order valence-corrected chi connectivity index (χ2v) is 3.56. The number of nitrogens with zero attached hydrogens (tertiary/aromatic N) is 3. The van der Waals surface area contributed by atoms with Gasteiger partial charge in [0.05, 0.1) is 12.8 Å². The van der Waals surface area contributed by atoms with Crippen molar-refractivity contribution in [3.05, 3.63) is 30.1 Å². The van der Waals surface area contributed by atoms with Gasteiger partial charge in [-0.2, -0.15) is 0 Å². The van der Waals surface area contributed by atoms with E-state index in [2.05, 4.69) is 20.3 Å². The van der Waals surface area contributed by atoms with E-state index >= 15 is 0 Å². The Labute approximate surface area is 99.9 Å². The lowest BCUT2D eigenvalue weighted by Gasteiger charge is -2.05. The Morgan fingerprint density at radius 2 is 2.06 bits per heavy atom. The van der Waals surface area contributed by atoms with Gasteiger partial charge in [0.25, 0.3) is 0 Å². The first-order valence-electron chi connectivity index (χ1n) is 5.27. The molecule has 1 N–H and O–H groups in total. The summed E-state index contributed by atoms with van der Waals surface area (Å²) in [5.41, 5.74) is 2.69. The van der Waals surface area contributed by atoms with E-state index in [9.17, 15) is 0 Å². The fourth-order valence-electron chi connectivity index (χ4n) is 1.48. The van der Waals surface area contributed by atoms with Crippen molar-refractivity contribution < 1.29 is 4.74 Å². The van der Waals surface area contributed by atoms with E-state index in [1.54, 1.807) is 20.4 Å². The number of hydrogen-bond donors (Lipinski definition) is 1. The monoisotopic (exact) mass is 230 g/mol. The predicted octanol–water partition coefficient (Wildman–Crippen LogP) is 1.90. The number of ether oxygens (including phenoxy) is 1. The molecular formula is C12H14N4O. The number of aromatic nitrogens is 3. The molecule has 2 heterocycles. The minimum atomic E-state index is 0.591. The molecule has 2 aromatic rings. The summed E-state index contributed by atoms with van der Waals surface area (Å²) in [6.07, 6.45) is 1.74. The van der Waals surface area contributed by atoms with Crippen molar-refractivity contribution in [2.75, 3.05) is 19.5 Å². The van der Waals surface area contributed by atoms with Crippen molar-refractivity contribution in [3.63, 3.8) is 0 Å². The lowest BCUT2D eigenvalue weighted by Crippen LogP contribution is -1.99. The van der Waals surface area contributed by atoms with E-state index in [4.69, 9.17) is 4.74 Å². The van der Waals surface area contributed by atoms with Gasteiger partial charge in [0.15, 0.2) is 0 Å². The molecule has 0 bridgehead atoms. The zero-order chi connectivity index (χ0) is 12.3. The number of rotatable bonds is 3. The van der Waals surface area contributed by atoms with Crippen molar-refractivity contribution in [1.29, 1.82) is 0 Å². The summed E-state index contributed by atoms with van der Waals surface area (Å²) < 4.78 is 5.02. The molecule has 0 saturated carbocycles. The van der Waals surface area contributed by atoms with Crippen LogP contribution in [0.15, 0.2) is 24.4 Å². The zero-order valence-corrected chi connectivity index (χ0v) is 10.1. The van der Waals surface area contributed by atoms with Crippen molar-refractivity contribution >= 4 is 5.95 Å². The summed E-state index contributed by atoms with van der Waals surface area (Å²) >= 11 is 0. The molecule has 0 spiro atoms. The molecule has 0 saturated heterocycles. The number of methoxy groups -OCH3 is 1. The molecule has 17 heavy (non-hydrogen) atoms. The molecule has 88 valence electrons. The minimum Gasteiger partial charge on any atom is -0.481 e. The van der Waals surface area contributed by atoms with E-state index in [0.717, 1.165) is 17.0 Å². The molecular weight excluding hydrogens is 216 g/mol. The van der Waals surface area contributed by atoms with E-state index in [1.165, 1.54) is 0 Å². The molecule has 2 rings (SSSR count). The molecule has 5 heteroatoms. The normalized spacial score (nSPS) is 10.1. The van der Waals surface area contributed by atoms with Gasteiger partial charge in [-0.3, -0.25) is 0 Å². The minimum absolute atomic E-state index is 0.591. The maximum Gasteiger partial charge on any atom is 0.223 e. The number of hydrogen-bond acceptors (Lipinski definition) is 5. The first-order valence-corrected chi connectivity index (χ1v) is 5.27. The average molecular weight is 230 g/mol. The summed E-state index contributed by atoms with van der Waals surface area (Å²) in [6.45, 7) is 1.93. The van der Waals surface area contributed by atoms with Crippen molar-refractivity contribution in [2.24, 2.45) is 0 Å². The summed E-state index contributed by atoms with van der Waals surface area (Å²) in [5, 5.41) is 2.93. The van der Waals surface area contributed by atoms with Gasteiger partial charge in [-0.1, -0.05) is 0 Å². The Kier molecular flexibility index (Phi) is 3.18. The number of aryl methyl sites for hydroxylation is 1. The van der Waals surface area contributed by atoms with Gasteiger partial charge in [0, 0.05) is 30.6 Å². The Morgan fingerprint density at radius 3 is 2.65 bits per heavy atom. The smallest absolute Gasteiger partial charge is 0.223 e. The van der Waals surface area contributed by atoms with Crippen LogP contribution in [0.4, 0.5) is 5.95 Å². The fraction of sp³-hybridized carbons (Fsp3) is 0.250. The largest absolute Gasteiger partial charge is 0.481 e. The van der Waals surface area contributed by atoms with Gasteiger partial charge in [-0.25, -0.2) is 15.0 Å². The third-order valence-corrected chi connectivity index (χ3v) is 2.32. The van der Waals surface area contributed by atoms with Gasteiger partial charge < -0.3 is 10.1 Å². The quantitative estimate of drug-likeness (QED) is 0.872. The third kappa shape index (κ3) is 2.50. The van der Waals surface area contributed by atoms with Crippen LogP contribution in [0.5, 0.6) is 5.88 Å². The summed E-state index contributed by atoms with van der Waals surface area (Å²) in [6, 6.07) is 5.66. The first kappa shape index (κ1) is 11.3. The van der Waals surface area contributed by atoms with Crippen LogP contribution in [-0.4, -0.2) is 29.1 Å². The summed E-state index contributed by atoms with van der Waals surface area (Å²) in [7, 11) is 3.39. The van der Waals surface area contributed by atoms with E-state index in [0.29, 0.717) is 11.8 Å². The highest BCUT2D eigenvalue weighted by atomic mass is 16.5. The SMILES string of the molecule is CNc1nc(C)cc(-c2ccc(OC)nc2)n1. The van der Waals surface area contributed by atoms with Crippen LogP contribution in [-0.2, 0) is 0 Å². The van der Waals surface area contributed by atoms with Crippen LogP contribution in [0.3, 0.4) is 0 Å². The van der Waals surface area contributed by atoms with Gasteiger partial charge in [0.1, 0.15) is 0 Å². The van der Waals surface area contributed by atoms with E-state index in [-0.39, 0.29) is 0 Å². The standard InChI is InChI=1S/C12H14N4O/c1-8-6-10(16-12(13-2)15-8)9-4-5-11(17-3)14-7-9/h4-7H,1-3H3,(H,13,15,16). The molecule has 0 unspecified atom stereocenters. The molecule has 2 aromatic heterocycles. The van der Waals surface area contributed by atoms with Crippen molar-refractivity contribution in [2.45, 2.75) is 6.92 Å². The highest BCUT2D eigenvalue weighted by molar-refractivity contribution is 5.60. The zero-order valence-electron chi connectivity index (χ0n) is 10.1. The van der Waals surface area contributed by atoms with E-state index < -0.39 is 0 Å². The van der Waals surface area contributed by atoms with Gasteiger partial charge in [-0.05, 0) is 19.1 Å². The van der Waals surface area contributed by atoms with Gasteiger partial charge in [0.2, 0.25) is 11.8 Å². The van der Waals surface area contributed by atoms with E-state index in [1.807, 2.05) is 25.1 Å². The predicted molar refractivity (Wildman–Crippen MR) is 66.1 cm³/mol. The molecule has 0 aliphatic heterocycles. The molecule has 0 aromatic carbocycles. The summed E-state index contributed by atoms with van der Waals surface area (Å²) in [4.78, 5) is 12.8. The lowest BCUT2D eigenvalue weighted by atomic mass is 10.2. The van der Waals surface area contributed by atoms with Crippen LogP contribution < -0.4 is 10.1 Å². The average Bonchev–Trinajstić information content (AvgIpc) is 2.38. The van der Waals surface area contributed by atoms with Gasteiger partial charge >= 0.3 is 0 Å². The van der Waals surface area contributed by atoms with Crippen LogP contribution >= 0.6 is 0 Å².